The molecule has 2 rings (SSSR count). The number of ether oxygens (including phenoxy) is 1. The van der Waals surface area contributed by atoms with Crippen molar-refractivity contribution in [2.45, 2.75) is 11.0 Å². The van der Waals surface area contributed by atoms with Gasteiger partial charge in [-0.25, -0.2) is 4.39 Å². The fraction of sp³-hybridized carbons (Fsp3) is 0.200. The number of hydrogen-bond acceptors (Lipinski definition) is 3. The van der Waals surface area contributed by atoms with E-state index in [-0.39, 0.29) is 5.56 Å². The van der Waals surface area contributed by atoms with E-state index in [4.69, 9.17) is 16.3 Å². The van der Waals surface area contributed by atoms with Gasteiger partial charge in [0, 0.05) is 27.3 Å². The Hall–Kier alpha value is -1.23. The lowest BCUT2D eigenvalue weighted by atomic mass is 10.1. The van der Waals surface area contributed by atoms with Gasteiger partial charge in [0.1, 0.15) is 11.6 Å². The Kier molecular flexibility index (Phi) is 5.29. The summed E-state index contributed by atoms with van der Waals surface area (Å²) < 4.78 is 18.7. The zero-order valence-corrected chi connectivity index (χ0v) is 12.4. The van der Waals surface area contributed by atoms with Crippen LogP contribution in [0.3, 0.4) is 0 Å². The Morgan fingerprint density at radius 1 is 1.25 bits per heavy atom. The van der Waals surface area contributed by atoms with Crippen LogP contribution in [0.15, 0.2) is 47.4 Å². The summed E-state index contributed by atoms with van der Waals surface area (Å²) in [7, 11) is 1.47. The van der Waals surface area contributed by atoms with Crippen molar-refractivity contribution in [3.8, 4) is 5.75 Å². The third-order valence-corrected chi connectivity index (χ3v) is 4.13. The molecule has 0 radical (unpaired) electrons. The summed E-state index contributed by atoms with van der Waals surface area (Å²) in [6, 6.07) is 11.7. The molecule has 2 aromatic rings. The molecule has 0 bridgehead atoms. The van der Waals surface area contributed by atoms with Crippen LogP contribution in [-0.2, 0) is 0 Å². The van der Waals surface area contributed by atoms with Crippen molar-refractivity contribution in [3.05, 3.63) is 58.9 Å². The third kappa shape index (κ3) is 3.88. The van der Waals surface area contributed by atoms with E-state index < -0.39 is 11.9 Å². The monoisotopic (exact) mass is 312 g/mol. The SMILES string of the molecule is COc1ccc(C(O)CSc2ccc(Cl)cc2)c(F)c1. The smallest absolute Gasteiger partial charge is 0.132 e. The fourth-order valence-corrected chi connectivity index (χ4v) is 2.69. The van der Waals surface area contributed by atoms with Crippen LogP contribution in [0.4, 0.5) is 4.39 Å². The maximum absolute atomic E-state index is 13.8. The van der Waals surface area contributed by atoms with Crippen LogP contribution in [0.2, 0.25) is 5.02 Å². The summed E-state index contributed by atoms with van der Waals surface area (Å²) in [5, 5.41) is 10.7. The van der Waals surface area contributed by atoms with Crippen LogP contribution < -0.4 is 4.74 Å². The van der Waals surface area contributed by atoms with E-state index in [2.05, 4.69) is 0 Å². The van der Waals surface area contributed by atoms with Gasteiger partial charge in [0.25, 0.3) is 0 Å². The van der Waals surface area contributed by atoms with Crippen molar-refractivity contribution >= 4 is 23.4 Å². The number of hydrogen-bond donors (Lipinski definition) is 1. The number of thioether (sulfide) groups is 1. The number of halogens is 2. The zero-order chi connectivity index (χ0) is 14.5. The Morgan fingerprint density at radius 2 is 1.95 bits per heavy atom. The molecule has 20 heavy (non-hydrogen) atoms. The second kappa shape index (κ2) is 6.97. The van der Waals surface area contributed by atoms with E-state index in [0.717, 1.165) is 4.90 Å². The molecule has 5 heteroatoms. The molecule has 0 aliphatic carbocycles. The van der Waals surface area contributed by atoms with Crippen molar-refractivity contribution < 1.29 is 14.2 Å². The molecular weight excluding hydrogens is 299 g/mol. The Balaban J connectivity index is 2.01. The summed E-state index contributed by atoms with van der Waals surface area (Å²) >= 11 is 7.24. The van der Waals surface area contributed by atoms with Crippen molar-refractivity contribution in [3.63, 3.8) is 0 Å². The summed E-state index contributed by atoms with van der Waals surface area (Å²) in [5.41, 5.74) is 0.271. The highest BCUT2D eigenvalue weighted by atomic mass is 35.5. The van der Waals surface area contributed by atoms with Gasteiger partial charge in [0.15, 0.2) is 0 Å². The van der Waals surface area contributed by atoms with Crippen LogP contribution >= 0.6 is 23.4 Å². The van der Waals surface area contributed by atoms with Crippen LogP contribution in [0.1, 0.15) is 11.7 Å². The zero-order valence-electron chi connectivity index (χ0n) is 10.8. The molecule has 0 saturated heterocycles. The van der Waals surface area contributed by atoms with Gasteiger partial charge in [-0.2, -0.15) is 0 Å². The van der Waals surface area contributed by atoms with Gasteiger partial charge < -0.3 is 9.84 Å². The molecule has 0 heterocycles. The maximum Gasteiger partial charge on any atom is 0.132 e. The van der Waals surface area contributed by atoms with Gasteiger partial charge in [-0.05, 0) is 36.4 Å². The standard InChI is InChI=1S/C15H14ClFO2S/c1-19-11-4-7-13(14(17)8-11)15(18)9-20-12-5-2-10(16)3-6-12/h2-8,15,18H,9H2,1H3. The number of aliphatic hydroxyl groups excluding tert-OH is 1. The van der Waals surface area contributed by atoms with E-state index in [0.29, 0.717) is 16.5 Å². The van der Waals surface area contributed by atoms with E-state index in [1.165, 1.54) is 24.9 Å². The number of rotatable bonds is 5. The molecule has 0 aliphatic rings. The van der Waals surface area contributed by atoms with Gasteiger partial charge in [-0.15, -0.1) is 11.8 Å². The van der Waals surface area contributed by atoms with Crippen molar-refractivity contribution in [2.75, 3.05) is 12.9 Å². The minimum atomic E-state index is -0.874. The quantitative estimate of drug-likeness (QED) is 0.834. The highest BCUT2D eigenvalue weighted by molar-refractivity contribution is 7.99. The molecule has 2 nitrogen and oxygen atoms in total. The van der Waals surface area contributed by atoms with Crippen LogP contribution in [0, 0.1) is 5.82 Å². The maximum atomic E-state index is 13.8. The first kappa shape index (κ1) is 15.2. The van der Waals surface area contributed by atoms with Crippen molar-refractivity contribution in [1.29, 1.82) is 0 Å². The largest absolute Gasteiger partial charge is 0.497 e. The molecular formula is C15H14ClFO2S. The summed E-state index contributed by atoms with van der Waals surface area (Å²) in [4.78, 5) is 0.974. The first-order chi connectivity index (χ1) is 9.60. The summed E-state index contributed by atoms with van der Waals surface area (Å²) in [6.45, 7) is 0. The van der Waals surface area contributed by atoms with Crippen LogP contribution in [0.25, 0.3) is 0 Å². The lowest BCUT2D eigenvalue weighted by molar-refractivity contribution is 0.198. The predicted molar refractivity (Wildman–Crippen MR) is 80.1 cm³/mol. The Bertz CT molecular complexity index is 575. The Labute approximate surface area is 126 Å². The fourth-order valence-electron chi connectivity index (χ4n) is 1.70. The number of methoxy groups -OCH3 is 1. The molecule has 2 aromatic carbocycles. The van der Waals surface area contributed by atoms with Crippen molar-refractivity contribution in [2.24, 2.45) is 0 Å². The second-order valence-corrected chi connectivity index (χ2v) is 5.70. The van der Waals surface area contributed by atoms with E-state index in [1.807, 2.05) is 12.1 Å². The molecule has 1 unspecified atom stereocenters. The van der Waals surface area contributed by atoms with Gasteiger partial charge in [0.05, 0.1) is 13.2 Å². The minimum Gasteiger partial charge on any atom is -0.497 e. The van der Waals surface area contributed by atoms with Gasteiger partial charge in [0.2, 0.25) is 0 Å². The third-order valence-electron chi connectivity index (χ3n) is 2.79. The van der Waals surface area contributed by atoms with Gasteiger partial charge in [-0.1, -0.05) is 11.6 Å². The number of aliphatic hydroxyl groups is 1. The lowest BCUT2D eigenvalue weighted by Gasteiger charge is -2.12. The van der Waals surface area contributed by atoms with E-state index in [1.54, 1.807) is 24.3 Å². The van der Waals surface area contributed by atoms with Gasteiger partial charge >= 0.3 is 0 Å². The normalized spacial score (nSPS) is 12.2. The van der Waals surface area contributed by atoms with E-state index in [9.17, 15) is 9.50 Å². The van der Waals surface area contributed by atoms with Crippen molar-refractivity contribution in [1.82, 2.24) is 0 Å². The summed E-state index contributed by atoms with van der Waals surface area (Å²) in [5.74, 6) is 0.336. The molecule has 0 amide bonds. The topological polar surface area (TPSA) is 29.5 Å². The average Bonchev–Trinajstić information content (AvgIpc) is 2.46. The first-order valence-electron chi connectivity index (χ1n) is 6.00. The molecule has 0 aliphatic heterocycles. The predicted octanol–water partition coefficient (Wildman–Crippen LogP) is 4.31. The van der Waals surface area contributed by atoms with Crippen LogP contribution in [0.5, 0.6) is 5.75 Å². The average molecular weight is 313 g/mol. The van der Waals surface area contributed by atoms with Crippen LogP contribution in [-0.4, -0.2) is 18.0 Å². The van der Waals surface area contributed by atoms with Gasteiger partial charge in [-0.3, -0.25) is 0 Å². The number of benzene rings is 2. The molecule has 106 valence electrons. The molecule has 1 N–H and O–H groups in total. The lowest BCUT2D eigenvalue weighted by Crippen LogP contribution is -2.03. The minimum absolute atomic E-state index is 0.271. The molecule has 0 aromatic heterocycles. The highest BCUT2D eigenvalue weighted by Gasteiger charge is 2.14. The Morgan fingerprint density at radius 3 is 2.55 bits per heavy atom. The highest BCUT2D eigenvalue weighted by Crippen LogP contribution is 2.28. The molecule has 0 saturated carbocycles. The van der Waals surface area contributed by atoms with E-state index >= 15 is 0 Å². The summed E-state index contributed by atoms with van der Waals surface area (Å²) in [6.07, 6.45) is -0.874. The molecule has 1 atom stereocenters. The first-order valence-corrected chi connectivity index (χ1v) is 7.36. The second-order valence-electron chi connectivity index (χ2n) is 4.17. The molecule has 0 fully saturated rings. The molecule has 0 spiro atoms.